The van der Waals surface area contributed by atoms with Gasteiger partial charge in [-0.2, -0.15) is 0 Å². The number of nitrogens with one attached hydrogen (secondary N) is 1. The summed E-state index contributed by atoms with van der Waals surface area (Å²) in [4.78, 5) is 2.57. The van der Waals surface area contributed by atoms with E-state index >= 15 is 0 Å². The number of ether oxygens (including phenoxy) is 2. The van der Waals surface area contributed by atoms with Gasteiger partial charge in [-0.15, -0.1) is 0 Å². The van der Waals surface area contributed by atoms with E-state index in [1.165, 1.54) is 37.3 Å². The minimum atomic E-state index is 0.289. The van der Waals surface area contributed by atoms with Crippen LogP contribution in [0.25, 0.3) is 0 Å². The van der Waals surface area contributed by atoms with E-state index in [1.807, 2.05) is 0 Å². The highest BCUT2D eigenvalue weighted by molar-refractivity contribution is 5.48. The van der Waals surface area contributed by atoms with Crippen LogP contribution in [0.4, 0.5) is 0 Å². The molecule has 4 nitrogen and oxygen atoms in total. The normalized spacial score (nSPS) is 31.0. The predicted molar refractivity (Wildman–Crippen MR) is 81.9 cm³/mol. The first-order chi connectivity index (χ1) is 10.2. The number of likely N-dealkylation sites (tertiary alicyclic amines) is 1. The first kappa shape index (κ1) is 13.4. The smallest absolute Gasteiger partial charge is 0.123 e. The van der Waals surface area contributed by atoms with Crippen molar-refractivity contribution in [1.82, 2.24) is 10.2 Å². The molecule has 21 heavy (non-hydrogen) atoms. The maximum Gasteiger partial charge on any atom is 0.123 e. The van der Waals surface area contributed by atoms with Crippen LogP contribution < -0.4 is 14.8 Å². The number of nitrogens with zero attached hydrogens (tertiary/aromatic N) is 1. The summed E-state index contributed by atoms with van der Waals surface area (Å²) in [5, 5.41) is 3.50. The molecule has 114 valence electrons. The van der Waals surface area contributed by atoms with Crippen molar-refractivity contribution in [2.45, 2.75) is 26.0 Å². The van der Waals surface area contributed by atoms with Gasteiger partial charge in [-0.1, -0.05) is 0 Å². The van der Waals surface area contributed by atoms with Gasteiger partial charge in [0.1, 0.15) is 17.6 Å². The Morgan fingerprint density at radius 1 is 1.29 bits per heavy atom. The summed E-state index contributed by atoms with van der Waals surface area (Å²) in [6.45, 7) is 7.87. The number of rotatable bonds is 3. The monoisotopic (exact) mass is 288 g/mol. The largest absolute Gasteiger partial charge is 0.496 e. The fraction of sp³-hybridized carbons (Fsp3) is 0.647. The first-order valence-electron chi connectivity index (χ1n) is 8.02. The molecule has 3 atom stereocenters. The predicted octanol–water partition coefficient (Wildman–Crippen LogP) is 1.67. The first-order valence-corrected chi connectivity index (χ1v) is 8.02. The molecule has 0 spiro atoms. The van der Waals surface area contributed by atoms with E-state index in [0.717, 1.165) is 36.3 Å². The van der Waals surface area contributed by atoms with Gasteiger partial charge in [0.15, 0.2) is 0 Å². The van der Waals surface area contributed by atoms with Gasteiger partial charge < -0.3 is 14.8 Å². The lowest BCUT2D eigenvalue weighted by molar-refractivity contribution is 0.253. The topological polar surface area (TPSA) is 33.7 Å². The van der Waals surface area contributed by atoms with Crippen molar-refractivity contribution in [3.63, 3.8) is 0 Å². The van der Waals surface area contributed by atoms with Crippen molar-refractivity contribution in [1.29, 1.82) is 0 Å². The van der Waals surface area contributed by atoms with Crippen LogP contribution in [0.15, 0.2) is 12.1 Å². The summed E-state index contributed by atoms with van der Waals surface area (Å²) < 4.78 is 11.5. The molecule has 2 saturated heterocycles. The molecule has 3 aliphatic heterocycles. The standard InChI is InChI=1S/C17H24N2O2/c1-11-3-12-4-16(20-2)13(5-17(12)21-11)8-19-9-14-6-18-7-15(14)10-19/h4-5,11,14-15,18H,3,6-10H2,1-2H3/t11?,14-,15+. The maximum atomic E-state index is 5.90. The zero-order chi connectivity index (χ0) is 14.4. The lowest BCUT2D eigenvalue weighted by Crippen LogP contribution is -2.25. The average molecular weight is 288 g/mol. The highest BCUT2D eigenvalue weighted by atomic mass is 16.5. The third-order valence-corrected chi connectivity index (χ3v) is 5.16. The van der Waals surface area contributed by atoms with E-state index in [-0.39, 0.29) is 6.10 Å². The van der Waals surface area contributed by atoms with Gasteiger partial charge in [-0.05, 0) is 44.0 Å². The molecule has 4 heteroatoms. The highest BCUT2D eigenvalue weighted by Gasteiger charge is 2.36. The summed E-state index contributed by atoms with van der Waals surface area (Å²) in [6.07, 6.45) is 1.28. The molecule has 0 aromatic heterocycles. The molecule has 0 radical (unpaired) electrons. The van der Waals surface area contributed by atoms with Crippen LogP contribution in [-0.2, 0) is 13.0 Å². The minimum absolute atomic E-state index is 0.289. The van der Waals surface area contributed by atoms with Gasteiger partial charge >= 0.3 is 0 Å². The molecule has 1 aromatic rings. The van der Waals surface area contributed by atoms with Crippen LogP contribution in [-0.4, -0.2) is 44.3 Å². The van der Waals surface area contributed by atoms with Crippen LogP contribution in [0, 0.1) is 11.8 Å². The van der Waals surface area contributed by atoms with Crippen LogP contribution >= 0.6 is 0 Å². The molecule has 3 heterocycles. The van der Waals surface area contributed by atoms with E-state index in [4.69, 9.17) is 9.47 Å². The molecular weight excluding hydrogens is 264 g/mol. The quantitative estimate of drug-likeness (QED) is 0.917. The SMILES string of the molecule is COc1cc2c(cc1CN1C[C@H]3CNC[C@H]3C1)OC(C)C2. The highest BCUT2D eigenvalue weighted by Crippen LogP contribution is 2.36. The number of benzene rings is 1. The van der Waals surface area contributed by atoms with Gasteiger partial charge in [0.25, 0.3) is 0 Å². The van der Waals surface area contributed by atoms with Crippen molar-refractivity contribution < 1.29 is 9.47 Å². The summed E-state index contributed by atoms with van der Waals surface area (Å²) in [5.74, 6) is 3.74. The second-order valence-corrected chi connectivity index (χ2v) is 6.78. The molecule has 0 bridgehead atoms. The van der Waals surface area contributed by atoms with Crippen LogP contribution in [0.5, 0.6) is 11.5 Å². The van der Waals surface area contributed by atoms with Gasteiger partial charge in [-0.25, -0.2) is 0 Å². The fourth-order valence-electron chi connectivity index (χ4n) is 4.12. The lowest BCUT2D eigenvalue weighted by atomic mass is 10.0. The zero-order valence-electron chi connectivity index (χ0n) is 12.9. The van der Waals surface area contributed by atoms with Crippen LogP contribution in [0.1, 0.15) is 18.1 Å². The molecule has 1 unspecified atom stereocenters. The fourth-order valence-corrected chi connectivity index (χ4v) is 4.12. The van der Waals surface area contributed by atoms with Gasteiger partial charge in [-0.3, -0.25) is 4.90 Å². The molecule has 0 aliphatic carbocycles. The average Bonchev–Trinajstić information content (AvgIpc) is 3.10. The second kappa shape index (κ2) is 5.18. The Hall–Kier alpha value is -1.26. The van der Waals surface area contributed by atoms with Gasteiger partial charge in [0, 0.05) is 37.2 Å². The second-order valence-electron chi connectivity index (χ2n) is 6.78. The number of methoxy groups -OCH3 is 1. The Balaban J connectivity index is 1.53. The summed E-state index contributed by atoms with van der Waals surface area (Å²) in [7, 11) is 1.77. The van der Waals surface area contributed by atoms with E-state index in [2.05, 4.69) is 29.3 Å². The maximum absolute atomic E-state index is 5.90. The Morgan fingerprint density at radius 2 is 2.05 bits per heavy atom. The van der Waals surface area contributed by atoms with Gasteiger partial charge in [0.05, 0.1) is 7.11 Å². The number of hydrogen-bond donors (Lipinski definition) is 1. The molecule has 2 fully saturated rings. The van der Waals surface area contributed by atoms with Gasteiger partial charge in [0.2, 0.25) is 0 Å². The number of hydrogen-bond acceptors (Lipinski definition) is 4. The Kier molecular flexibility index (Phi) is 3.31. The summed E-state index contributed by atoms with van der Waals surface area (Å²) >= 11 is 0. The van der Waals surface area contributed by atoms with Crippen molar-refractivity contribution in [3.05, 3.63) is 23.3 Å². The van der Waals surface area contributed by atoms with E-state index in [1.54, 1.807) is 7.11 Å². The van der Waals surface area contributed by atoms with Crippen molar-refractivity contribution in [2.75, 3.05) is 33.3 Å². The molecule has 4 rings (SSSR count). The van der Waals surface area contributed by atoms with Crippen molar-refractivity contribution in [2.24, 2.45) is 11.8 Å². The Morgan fingerprint density at radius 3 is 2.76 bits per heavy atom. The zero-order valence-corrected chi connectivity index (χ0v) is 12.9. The number of fused-ring (bicyclic) bond motifs is 2. The third-order valence-electron chi connectivity index (χ3n) is 5.16. The summed E-state index contributed by atoms with van der Waals surface area (Å²) in [6, 6.07) is 4.37. The summed E-state index contributed by atoms with van der Waals surface area (Å²) in [5.41, 5.74) is 2.55. The Labute approximate surface area is 126 Å². The van der Waals surface area contributed by atoms with E-state index in [9.17, 15) is 0 Å². The molecule has 3 aliphatic rings. The minimum Gasteiger partial charge on any atom is -0.496 e. The van der Waals surface area contributed by atoms with Crippen LogP contribution in [0.3, 0.4) is 0 Å². The molecule has 0 saturated carbocycles. The molecule has 1 aromatic carbocycles. The molecule has 0 amide bonds. The molecule has 1 N–H and O–H groups in total. The van der Waals surface area contributed by atoms with E-state index < -0.39 is 0 Å². The van der Waals surface area contributed by atoms with Crippen molar-refractivity contribution in [3.8, 4) is 11.5 Å². The van der Waals surface area contributed by atoms with Crippen molar-refractivity contribution >= 4 is 0 Å². The van der Waals surface area contributed by atoms with Crippen LogP contribution in [0.2, 0.25) is 0 Å². The third kappa shape index (κ3) is 2.40. The Bertz CT molecular complexity index is 534. The lowest BCUT2D eigenvalue weighted by Gasteiger charge is -2.19. The van der Waals surface area contributed by atoms with E-state index in [0.29, 0.717) is 0 Å². The molecular formula is C17H24N2O2.